The van der Waals surface area contributed by atoms with Gasteiger partial charge in [0.2, 0.25) is 5.91 Å². The van der Waals surface area contributed by atoms with E-state index in [1.165, 1.54) is 11.8 Å². The molecule has 146 valence electrons. The Balaban J connectivity index is 2.12. The van der Waals surface area contributed by atoms with E-state index in [-0.39, 0.29) is 11.9 Å². The van der Waals surface area contributed by atoms with Crippen molar-refractivity contribution < 1.29 is 24.9 Å². The van der Waals surface area contributed by atoms with Crippen LogP contribution in [0.5, 0.6) is 0 Å². The first kappa shape index (κ1) is 21.2. The number of piperidine rings is 1. The summed E-state index contributed by atoms with van der Waals surface area (Å²) in [5.41, 5.74) is -0.699. The normalized spacial score (nSPS) is 39.6. The van der Waals surface area contributed by atoms with Crippen LogP contribution < -0.4 is 5.32 Å². The number of nitrogens with zero attached hydrogens (tertiary/aromatic N) is 1. The van der Waals surface area contributed by atoms with Gasteiger partial charge < -0.3 is 25.4 Å². The number of nitrogens with one attached hydrogen (secondary N) is 1. The van der Waals surface area contributed by atoms with Crippen LogP contribution in [0.3, 0.4) is 0 Å². The molecule has 1 amide bonds. The zero-order valence-electron chi connectivity index (χ0n) is 14.8. The van der Waals surface area contributed by atoms with Gasteiger partial charge >= 0.3 is 0 Å². The van der Waals surface area contributed by atoms with E-state index in [0.29, 0.717) is 0 Å². The maximum absolute atomic E-state index is 12.7. The highest BCUT2D eigenvalue weighted by Crippen LogP contribution is 2.30. The Morgan fingerprint density at radius 2 is 1.96 bits per heavy atom. The van der Waals surface area contributed by atoms with Crippen molar-refractivity contribution in [2.24, 2.45) is 0 Å². The second-order valence-electron chi connectivity index (χ2n) is 6.88. The molecule has 8 atom stereocenters. The molecule has 9 heteroatoms. The molecule has 2 fully saturated rings. The molecule has 4 N–H and O–H groups in total. The fourth-order valence-electron chi connectivity index (χ4n) is 3.49. The van der Waals surface area contributed by atoms with E-state index < -0.39 is 41.3 Å². The maximum atomic E-state index is 12.7. The Hall–Kier alpha value is -0.0900. The lowest BCUT2D eigenvalue weighted by Crippen LogP contribution is -2.65. The van der Waals surface area contributed by atoms with Gasteiger partial charge in [0.25, 0.3) is 0 Å². The molecule has 7 unspecified atom stereocenters. The van der Waals surface area contributed by atoms with Crippen LogP contribution in [0.2, 0.25) is 0 Å². The number of likely N-dealkylation sites (tertiary alicyclic amines) is 1. The standard InChI is InChI=1S/C16H29ClN2O5S/c1-8(17)10(18-15(23)9-6-4-5-7-19(9)2)14-12(21)11(20)13(22)16(24-14)25-3/h8-14,16,20-22H,4-7H2,1-3H3,(H,18,23)/t8?,9-,10?,11?,12?,13?,14?,16?/m0/s1. The molecule has 0 aromatic carbocycles. The molecule has 0 aromatic heterocycles. The largest absolute Gasteiger partial charge is 0.388 e. The molecule has 0 bridgehead atoms. The predicted octanol–water partition coefficient (Wildman–Crippen LogP) is -0.247. The number of carbonyl (C=O) groups is 1. The third-order valence-corrected chi connectivity index (χ3v) is 6.20. The van der Waals surface area contributed by atoms with Gasteiger partial charge in [-0.2, -0.15) is 0 Å². The molecule has 0 aromatic rings. The summed E-state index contributed by atoms with van der Waals surface area (Å²) in [7, 11) is 1.92. The van der Waals surface area contributed by atoms with Crippen LogP contribution in [0.25, 0.3) is 0 Å². The van der Waals surface area contributed by atoms with E-state index in [2.05, 4.69) is 5.32 Å². The third kappa shape index (κ3) is 4.80. The first-order valence-electron chi connectivity index (χ1n) is 8.65. The van der Waals surface area contributed by atoms with Crippen molar-refractivity contribution in [2.45, 2.75) is 73.5 Å². The van der Waals surface area contributed by atoms with Gasteiger partial charge in [-0.15, -0.1) is 23.4 Å². The van der Waals surface area contributed by atoms with Crippen molar-refractivity contribution in [1.82, 2.24) is 10.2 Å². The highest BCUT2D eigenvalue weighted by Gasteiger charge is 2.48. The zero-order chi connectivity index (χ0) is 18.7. The van der Waals surface area contributed by atoms with Crippen LogP contribution >= 0.6 is 23.4 Å². The molecule has 0 radical (unpaired) electrons. The summed E-state index contributed by atoms with van der Waals surface area (Å²) < 4.78 is 5.76. The second kappa shape index (κ2) is 9.21. The molecule has 0 saturated carbocycles. The highest BCUT2D eigenvalue weighted by molar-refractivity contribution is 7.99. The lowest BCUT2D eigenvalue weighted by molar-refractivity contribution is -0.205. The molecule has 7 nitrogen and oxygen atoms in total. The molecule has 2 rings (SSSR count). The van der Waals surface area contributed by atoms with Crippen LogP contribution in [0, 0.1) is 0 Å². The average molecular weight is 397 g/mol. The summed E-state index contributed by atoms with van der Waals surface area (Å²) in [4.78, 5) is 14.7. The lowest BCUT2D eigenvalue weighted by Gasteiger charge is -2.44. The van der Waals surface area contributed by atoms with Crippen molar-refractivity contribution in [1.29, 1.82) is 0 Å². The Morgan fingerprint density at radius 1 is 1.28 bits per heavy atom. The van der Waals surface area contributed by atoms with Gasteiger partial charge in [0.05, 0.1) is 17.5 Å². The summed E-state index contributed by atoms with van der Waals surface area (Å²) in [6.07, 6.45) is -0.227. The van der Waals surface area contributed by atoms with E-state index in [1.807, 2.05) is 11.9 Å². The molecular formula is C16H29ClN2O5S. The van der Waals surface area contributed by atoms with Gasteiger partial charge in [-0.05, 0) is 39.6 Å². The van der Waals surface area contributed by atoms with Crippen LogP contribution in [0.1, 0.15) is 26.2 Å². The molecule has 2 aliphatic heterocycles. The minimum absolute atomic E-state index is 0.156. The van der Waals surface area contributed by atoms with Crippen molar-refractivity contribution in [3.05, 3.63) is 0 Å². The summed E-state index contributed by atoms with van der Waals surface area (Å²) in [6.45, 7) is 2.57. The quantitative estimate of drug-likeness (QED) is 0.475. The zero-order valence-corrected chi connectivity index (χ0v) is 16.4. The number of carbonyl (C=O) groups excluding carboxylic acids is 1. The third-order valence-electron chi connectivity index (χ3n) is 5.07. The lowest BCUT2D eigenvalue weighted by atomic mass is 9.92. The Kier molecular flexibility index (Phi) is 7.82. The topological polar surface area (TPSA) is 102 Å². The smallest absolute Gasteiger partial charge is 0.237 e. The Labute approximate surface area is 158 Å². The molecule has 2 heterocycles. The maximum Gasteiger partial charge on any atom is 0.237 e. The van der Waals surface area contributed by atoms with Crippen LogP contribution in [-0.2, 0) is 9.53 Å². The number of ether oxygens (including phenoxy) is 1. The average Bonchev–Trinajstić information content (AvgIpc) is 2.58. The molecule has 0 spiro atoms. The van der Waals surface area contributed by atoms with Crippen molar-refractivity contribution >= 4 is 29.3 Å². The Bertz CT molecular complexity index is 456. The number of amides is 1. The first-order valence-corrected chi connectivity index (χ1v) is 10.4. The number of aliphatic hydroxyl groups excluding tert-OH is 3. The van der Waals surface area contributed by atoms with Gasteiger partial charge in [0.1, 0.15) is 29.9 Å². The summed E-state index contributed by atoms with van der Waals surface area (Å²) in [6, 6.07) is -0.921. The molecule has 25 heavy (non-hydrogen) atoms. The van der Waals surface area contributed by atoms with Crippen molar-refractivity contribution in [3.63, 3.8) is 0 Å². The highest BCUT2D eigenvalue weighted by atomic mass is 35.5. The molecular weight excluding hydrogens is 368 g/mol. The monoisotopic (exact) mass is 396 g/mol. The molecule has 0 aliphatic carbocycles. The van der Waals surface area contributed by atoms with E-state index >= 15 is 0 Å². The number of hydrogen-bond acceptors (Lipinski definition) is 7. The van der Waals surface area contributed by atoms with Crippen molar-refractivity contribution in [2.75, 3.05) is 19.8 Å². The van der Waals surface area contributed by atoms with Crippen LogP contribution in [0.15, 0.2) is 0 Å². The van der Waals surface area contributed by atoms with E-state index in [0.717, 1.165) is 25.8 Å². The van der Waals surface area contributed by atoms with E-state index in [9.17, 15) is 20.1 Å². The molecule has 2 saturated heterocycles. The summed E-state index contributed by atoms with van der Waals surface area (Å²) in [5.74, 6) is -0.156. The molecule has 2 aliphatic rings. The van der Waals surface area contributed by atoms with Crippen LogP contribution in [-0.4, -0.2) is 93.3 Å². The van der Waals surface area contributed by atoms with Crippen LogP contribution in [0.4, 0.5) is 0 Å². The van der Waals surface area contributed by atoms with Crippen molar-refractivity contribution in [3.8, 4) is 0 Å². The van der Waals surface area contributed by atoms with E-state index in [4.69, 9.17) is 16.3 Å². The number of aliphatic hydroxyl groups is 3. The fourth-order valence-corrected chi connectivity index (χ4v) is 4.38. The predicted molar refractivity (Wildman–Crippen MR) is 97.7 cm³/mol. The SMILES string of the molecule is CSC1OC(C(NC(=O)[C@@H]2CCCCN2C)C(C)Cl)C(O)C(O)C1O. The number of halogens is 1. The summed E-state index contributed by atoms with van der Waals surface area (Å²) in [5, 5.41) is 32.8. The number of alkyl halides is 1. The number of thioether (sulfide) groups is 1. The van der Waals surface area contributed by atoms with Gasteiger partial charge in [-0.1, -0.05) is 6.42 Å². The van der Waals surface area contributed by atoms with Gasteiger partial charge in [-0.25, -0.2) is 0 Å². The number of likely N-dealkylation sites (N-methyl/N-ethyl adjacent to an activating group) is 1. The fraction of sp³-hybridized carbons (Fsp3) is 0.938. The summed E-state index contributed by atoms with van der Waals surface area (Å²) >= 11 is 7.50. The second-order valence-corrected chi connectivity index (χ2v) is 8.51. The number of rotatable bonds is 5. The first-order chi connectivity index (χ1) is 11.8. The van der Waals surface area contributed by atoms with E-state index in [1.54, 1.807) is 13.2 Å². The van der Waals surface area contributed by atoms with Gasteiger partial charge in [0, 0.05) is 0 Å². The minimum atomic E-state index is -1.36. The Morgan fingerprint density at radius 3 is 2.52 bits per heavy atom. The van der Waals surface area contributed by atoms with Gasteiger partial charge in [0.15, 0.2) is 0 Å². The number of hydrogen-bond donors (Lipinski definition) is 4. The minimum Gasteiger partial charge on any atom is -0.388 e. The van der Waals surface area contributed by atoms with Gasteiger partial charge in [-0.3, -0.25) is 9.69 Å².